The quantitative estimate of drug-likeness (QED) is 0.385. The standard InChI is InChI=1S/C27H22BrF2N3O/c1-3-4-23(34)33-14-26(9-10-26)15(2)24(33)25-31-13-22(32-25)16-5-7-18-19-8-6-17(28)12-21(19)27(29,30)20(18)11-16/h3,5-8,11-13,24H,1-2,4,9-10,14H2,(H,31,32). The molecule has 2 fully saturated rings. The van der Waals surface area contributed by atoms with Crippen LogP contribution in [0.5, 0.6) is 0 Å². The fourth-order valence-electron chi connectivity index (χ4n) is 5.40. The molecule has 1 amide bonds. The number of aromatic nitrogens is 2. The van der Waals surface area contributed by atoms with E-state index in [0.29, 0.717) is 39.2 Å². The molecule has 1 spiro atoms. The number of amides is 1. The van der Waals surface area contributed by atoms with Gasteiger partial charge >= 0.3 is 0 Å². The fraction of sp³-hybridized carbons (Fsp3) is 0.259. The molecule has 7 heteroatoms. The number of hydrogen-bond donors (Lipinski definition) is 1. The number of likely N-dealkylation sites (tertiary alicyclic amines) is 1. The normalized spacial score (nSPS) is 21.0. The Morgan fingerprint density at radius 1 is 1.21 bits per heavy atom. The third-order valence-corrected chi connectivity index (χ3v) is 7.92. The number of carbonyl (C=O) groups excluding carboxylic acids is 1. The van der Waals surface area contributed by atoms with Crippen LogP contribution < -0.4 is 0 Å². The van der Waals surface area contributed by atoms with Crippen LogP contribution in [0.4, 0.5) is 8.78 Å². The number of nitrogens with one attached hydrogen (secondary N) is 1. The van der Waals surface area contributed by atoms with Crippen molar-refractivity contribution in [1.29, 1.82) is 0 Å². The van der Waals surface area contributed by atoms with Crippen molar-refractivity contribution in [2.45, 2.75) is 31.2 Å². The highest BCUT2D eigenvalue weighted by molar-refractivity contribution is 9.10. The number of fused-ring (bicyclic) bond motifs is 3. The number of benzene rings is 2. The van der Waals surface area contributed by atoms with Gasteiger partial charge in [0.25, 0.3) is 5.92 Å². The van der Waals surface area contributed by atoms with Gasteiger partial charge in [0.05, 0.1) is 11.9 Å². The molecule has 2 heterocycles. The summed E-state index contributed by atoms with van der Waals surface area (Å²) in [6, 6.07) is 9.75. The smallest absolute Gasteiger partial charge is 0.299 e. The Bertz CT molecular complexity index is 1390. The lowest BCUT2D eigenvalue weighted by atomic mass is 9.96. The van der Waals surface area contributed by atoms with E-state index in [4.69, 9.17) is 0 Å². The molecule has 1 N–H and O–H groups in total. The Labute approximate surface area is 204 Å². The van der Waals surface area contributed by atoms with Gasteiger partial charge in [-0.2, -0.15) is 8.78 Å². The van der Waals surface area contributed by atoms with Gasteiger partial charge in [0.15, 0.2) is 0 Å². The van der Waals surface area contributed by atoms with Gasteiger partial charge < -0.3 is 9.88 Å². The molecule has 1 aromatic heterocycles. The predicted octanol–water partition coefficient (Wildman–Crippen LogP) is 6.76. The summed E-state index contributed by atoms with van der Waals surface area (Å²) in [4.78, 5) is 22.5. The molecule has 1 aliphatic heterocycles. The lowest BCUT2D eigenvalue weighted by Crippen LogP contribution is -2.31. The van der Waals surface area contributed by atoms with Crippen molar-refractivity contribution in [2.24, 2.45) is 5.41 Å². The van der Waals surface area contributed by atoms with Crippen LogP contribution in [0.15, 0.2) is 71.9 Å². The maximum absolute atomic E-state index is 15.3. The molecule has 1 saturated heterocycles. The topological polar surface area (TPSA) is 49.0 Å². The van der Waals surface area contributed by atoms with Crippen molar-refractivity contribution in [2.75, 3.05) is 6.54 Å². The van der Waals surface area contributed by atoms with Crippen LogP contribution >= 0.6 is 15.9 Å². The van der Waals surface area contributed by atoms with Crippen LogP contribution in [-0.4, -0.2) is 27.3 Å². The van der Waals surface area contributed by atoms with Crippen molar-refractivity contribution >= 4 is 21.8 Å². The Kier molecular flexibility index (Phi) is 4.56. The van der Waals surface area contributed by atoms with E-state index < -0.39 is 5.92 Å². The van der Waals surface area contributed by atoms with E-state index in [1.54, 1.807) is 30.5 Å². The predicted molar refractivity (Wildman–Crippen MR) is 130 cm³/mol. The van der Waals surface area contributed by atoms with Gasteiger partial charge in [-0.25, -0.2) is 4.98 Å². The van der Waals surface area contributed by atoms with Crippen LogP contribution in [0.3, 0.4) is 0 Å². The number of alkyl halides is 2. The van der Waals surface area contributed by atoms with Crippen LogP contribution in [0.25, 0.3) is 22.4 Å². The van der Waals surface area contributed by atoms with Crippen molar-refractivity contribution < 1.29 is 13.6 Å². The van der Waals surface area contributed by atoms with E-state index in [1.807, 2.05) is 11.0 Å². The monoisotopic (exact) mass is 521 g/mol. The van der Waals surface area contributed by atoms with Gasteiger partial charge in [-0.1, -0.05) is 46.8 Å². The minimum absolute atomic E-state index is 0.00711. The molecule has 3 aromatic rings. The zero-order valence-corrected chi connectivity index (χ0v) is 20.0. The zero-order valence-electron chi connectivity index (χ0n) is 18.4. The number of nitrogens with zero attached hydrogens (tertiary/aromatic N) is 2. The SMILES string of the molecule is C=CCC(=O)N1CC2(CC2)C(=C)C1c1ncc(-c2ccc3c(c2)C(F)(F)c2cc(Br)ccc2-3)[nH]1. The van der Waals surface area contributed by atoms with E-state index in [1.165, 1.54) is 12.1 Å². The molecule has 172 valence electrons. The first-order chi connectivity index (χ1) is 16.2. The van der Waals surface area contributed by atoms with Crippen molar-refractivity contribution in [3.63, 3.8) is 0 Å². The minimum atomic E-state index is -3.08. The van der Waals surface area contributed by atoms with E-state index in [2.05, 4.69) is 39.1 Å². The highest BCUT2D eigenvalue weighted by Crippen LogP contribution is 2.61. The molecule has 3 aliphatic rings. The minimum Gasteiger partial charge on any atom is -0.340 e. The summed E-state index contributed by atoms with van der Waals surface area (Å²) < 4.78 is 31.2. The van der Waals surface area contributed by atoms with Crippen LogP contribution in [-0.2, 0) is 10.7 Å². The van der Waals surface area contributed by atoms with Crippen molar-refractivity contribution in [1.82, 2.24) is 14.9 Å². The summed E-state index contributed by atoms with van der Waals surface area (Å²) in [6.07, 6.45) is 5.54. The Morgan fingerprint density at radius 2 is 1.91 bits per heavy atom. The average Bonchev–Trinajstić information content (AvgIpc) is 3.25. The number of rotatable bonds is 4. The lowest BCUT2D eigenvalue weighted by molar-refractivity contribution is -0.131. The van der Waals surface area contributed by atoms with E-state index in [9.17, 15) is 4.79 Å². The molecule has 2 aliphatic carbocycles. The highest BCUT2D eigenvalue weighted by Gasteiger charge is 2.57. The molecule has 4 nitrogen and oxygen atoms in total. The van der Waals surface area contributed by atoms with Crippen LogP contribution in [0.1, 0.15) is 42.3 Å². The van der Waals surface area contributed by atoms with E-state index in [-0.39, 0.29) is 34.9 Å². The second-order valence-electron chi connectivity index (χ2n) is 9.43. The van der Waals surface area contributed by atoms with Gasteiger partial charge in [0, 0.05) is 39.5 Å². The molecule has 0 radical (unpaired) electrons. The summed E-state index contributed by atoms with van der Waals surface area (Å²) in [7, 11) is 0. The molecule has 6 rings (SSSR count). The largest absolute Gasteiger partial charge is 0.340 e. The third kappa shape index (κ3) is 2.99. The summed E-state index contributed by atoms with van der Waals surface area (Å²) in [5, 5.41) is 0. The number of aromatic amines is 1. The van der Waals surface area contributed by atoms with Gasteiger partial charge in [-0.3, -0.25) is 4.79 Å². The second-order valence-corrected chi connectivity index (χ2v) is 10.3. The third-order valence-electron chi connectivity index (χ3n) is 7.42. The molecule has 1 saturated carbocycles. The number of halogens is 3. The van der Waals surface area contributed by atoms with Gasteiger partial charge in [-0.05, 0) is 47.7 Å². The molecular weight excluding hydrogens is 500 g/mol. The molecular formula is C27H22BrF2N3O. The lowest BCUT2D eigenvalue weighted by Gasteiger charge is -2.23. The summed E-state index contributed by atoms with van der Waals surface area (Å²) in [6.45, 7) is 8.64. The second kappa shape index (κ2) is 7.22. The van der Waals surface area contributed by atoms with Crippen LogP contribution in [0, 0.1) is 5.41 Å². The number of H-pyrrole nitrogens is 1. The number of imidazole rings is 1. The average molecular weight is 522 g/mol. The molecule has 1 unspecified atom stereocenters. The first-order valence-electron chi connectivity index (χ1n) is 11.2. The zero-order chi connectivity index (χ0) is 23.8. The van der Waals surface area contributed by atoms with Crippen molar-refractivity contribution in [3.05, 3.63) is 88.8 Å². The Balaban J connectivity index is 1.37. The van der Waals surface area contributed by atoms with Gasteiger partial charge in [-0.15, -0.1) is 6.58 Å². The summed E-state index contributed by atoms with van der Waals surface area (Å²) >= 11 is 3.30. The van der Waals surface area contributed by atoms with Crippen LogP contribution in [0.2, 0.25) is 0 Å². The Hall–Kier alpha value is -3.06. The first kappa shape index (κ1) is 21.5. The maximum Gasteiger partial charge on any atom is 0.299 e. The molecule has 1 atom stereocenters. The molecule has 2 aromatic carbocycles. The molecule has 0 bridgehead atoms. The highest BCUT2D eigenvalue weighted by atomic mass is 79.9. The van der Waals surface area contributed by atoms with E-state index in [0.717, 1.165) is 18.4 Å². The summed E-state index contributed by atoms with van der Waals surface area (Å²) in [5.74, 6) is -2.48. The number of hydrogen-bond acceptors (Lipinski definition) is 2. The Morgan fingerprint density at radius 3 is 2.62 bits per heavy atom. The number of carbonyl (C=O) groups is 1. The van der Waals surface area contributed by atoms with Gasteiger partial charge in [0.2, 0.25) is 5.91 Å². The van der Waals surface area contributed by atoms with Crippen molar-refractivity contribution in [3.8, 4) is 22.4 Å². The molecule has 34 heavy (non-hydrogen) atoms. The maximum atomic E-state index is 15.3. The van der Waals surface area contributed by atoms with E-state index >= 15 is 8.78 Å². The summed E-state index contributed by atoms with van der Waals surface area (Å²) in [5.41, 5.74) is 3.30. The fourth-order valence-corrected chi connectivity index (χ4v) is 5.76. The van der Waals surface area contributed by atoms with Gasteiger partial charge in [0.1, 0.15) is 11.9 Å². The first-order valence-corrected chi connectivity index (χ1v) is 12.0.